The van der Waals surface area contributed by atoms with Crippen molar-refractivity contribution < 1.29 is 23.8 Å². The Morgan fingerprint density at radius 3 is 2.73 bits per heavy atom. The zero-order chi connectivity index (χ0) is 28.3. The largest absolute Gasteiger partial charge is 0.477 e. The molecule has 3 aromatic heterocycles. The second kappa shape index (κ2) is 11.5. The number of carbonyl (C=O) groups is 1. The molecule has 2 aliphatic rings. The van der Waals surface area contributed by atoms with Crippen LogP contribution in [-0.2, 0) is 24.3 Å². The summed E-state index contributed by atoms with van der Waals surface area (Å²) in [5.41, 5.74) is 3.28. The Bertz CT molecular complexity index is 1620. The van der Waals surface area contributed by atoms with Crippen LogP contribution in [0, 0.1) is 17.1 Å². The van der Waals surface area contributed by atoms with Crippen molar-refractivity contribution in [1.82, 2.24) is 24.5 Å². The topological polar surface area (TPSA) is 129 Å². The highest BCUT2D eigenvalue weighted by atomic mass is 19.1. The van der Waals surface area contributed by atoms with Crippen LogP contribution in [0.4, 0.5) is 10.2 Å². The van der Waals surface area contributed by atoms with Crippen molar-refractivity contribution in [2.75, 3.05) is 37.7 Å². The first-order valence-corrected chi connectivity index (χ1v) is 13.4. The van der Waals surface area contributed by atoms with E-state index >= 15 is 0 Å². The third kappa shape index (κ3) is 5.82. The van der Waals surface area contributed by atoms with E-state index in [1.54, 1.807) is 28.8 Å². The highest BCUT2D eigenvalue weighted by molar-refractivity contribution is 5.87. The lowest BCUT2D eigenvalue weighted by Gasteiger charge is -2.35. The number of ether oxygens (including phenoxy) is 2. The number of pyridine rings is 1. The fourth-order valence-corrected chi connectivity index (χ4v) is 5.09. The lowest BCUT2D eigenvalue weighted by Crippen LogP contribution is -2.46. The van der Waals surface area contributed by atoms with Crippen molar-refractivity contribution in [2.24, 2.45) is 0 Å². The summed E-state index contributed by atoms with van der Waals surface area (Å²) in [6.07, 6.45) is 3.24. The average molecular weight is 558 g/mol. The van der Waals surface area contributed by atoms with Crippen LogP contribution in [0.1, 0.15) is 39.3 Å². The summed E-state index contributed by atoms with van der Waals surface area (Å²) in [5.74, 6) is -0.369. The maximum atomic E-state index is 14.2. The van der Waals surface area contributed by atoms with Gasteiger partial charge >= 0.3 is 5.97 Å². The van der Waals surface area contributed by atoms with Gasteiger partial charge in [0.25, 0.3) is 0 Å². The Kier molecular flexibility index (Phi) is 7.45. The van der Waals surface area contributed by atoms with Crippen LogP contribution >= 0.6 is 0 Å². The molecule has 41 heavy (non-hydrogen) atoms. The number of hydrogen-bond donors (Lipinski definition) is 1. The number of halogens is 1. The number of benzene rings is 1. The molecule has 1 aromatic carbocycles. The van der Waals surface area contributed by atoms with E-state index in [-0.39, 0.29) is 24.0 Å². The predicted molar refractivity (Wildman–Crippen MR) is 145 cm³/mol. The molecule has 0 radical (unpaired) electrons. The first kappa shape index (κ1) is 26.6. The Balaban J connectivity index is 1.10. The number of piperazine rings is 1. The number of hydrogen-bond acceptors (Lipinski definition) is 9. The molecule has 1 N–H and O–H groups in total. The molecule has 0 saturated carbocycles. The summed E-state index contributed by atoms with van der Waals surface area (Å²) in [6.45, 7) is 4.46. The number of rotatable bonds is 9. The molecule has 0 amide bonds. The van der Waals surface area contributed by atoms with E-state index in [0.29, 0.717) is 24.4 Å². The van der Waals surface area contributed by atoms with Gasteiger partial charge in [-0.25, -0.2) is 18.7 Å². The molecule has 2 saturated heterocycles. The van der Waals surface area contributed by atoms with Gasteiger partial charge in [-0.2, -0.15) is 15.3 Å². The summed E-state index contributed by atoms with van der Waals surface area (Å²) >= 11 is 0. The summed E-state index contributed by atoms with van der Waals surface area (Å²) in [6, 6.07) is 13.3. The first-order valence-electron chi connectivity index (χ1n) is 13.4. The second-order valence-corrected chi connectivity index (χ2v) is 10.1. The van der Waals surface area contributed by atoms with Gasteiger partial charge in [0.1, 0.15) is 24.6 Å². The lowest BCUT2D eigenvalue weighted by molar-refractivity contribution is -0.0491. The number of fused-ring (bicyclic) bond motifs is 1. The zero-order valence-corrected chi connectivity index (χ0v) is 22.2. The molecule has 2 aliphatic heterocycles. The van der Waals surface area contributed by atoms with Crippen LogP contribution in [0.3, 0.4) is 0 Å². The number of aromatic carboxylic acids is 1. The Morgan fingerprint density at radius 1 is 1.20 bits per heavy atom. The third-order valence-electron chi connectivity index (χ3n) is 7.49. The minimum Gasteiger partial charge on any atom is -0.477 e. The smallest absolute Gasteiger partial charge is 0.354 e. The minimum absolute atomic E-state index is 0.00547. The van der Waals surface area contributed by atoms with Gasteiger partial charge in [0.15, 0.2) is 5.69 Å². The Morgan fingerprint density at radius 2 is 2.02 bits per heavy atom. The van der Waals surface area contributed by atoms with Crippen molar-refractivity contribution in [3.63, 3.8) is 0 Å². The predicted octanol–water partition coefficient (Wildman–Crippen LogP) is 3.07. The fraction of sp³-hybridized carbons (Fsp3) is 0.345. The number of carboxylic acids is 1. The molecule has 6 rings (SSSR count). The van der Waals surface area contributed by atoms with E-state index < -0.39 is 11.8 Å². The zero-order valence-electron chi connectivity index (χ0n) is 22.2. The highest BCUT2D eigenvalue weighted by Crippen LogP contribution is 2.26. The molecule has 5 heterocycles. The fourth-order valence-electron chi connectivity index (χ4n) is 5.09. The van der Waals surface area contributed by atoms with Gasteiger partial charge in [-0.15, -0.1) is 0 Å². The first-order chi connectivity index (χ1) is 20.0. The van der Waals surface area contributed by atoms with E-state index in [9.17, 15) is 14.3 Å². The van der Waals surface area contributed by atoms with Crippen LogP contribution in [0.15, 0.2) is 48.8 Å². The average Bonchev–Trinajstić information content (AvgIpc) is 3.30. The molecule has 0 bridgehead atoms. The van der Waals surface area contributed by atoms with Gasteiger partial charge in [0.05, 0.1) is 28.9 Å². The van der Waals surface area contributed by atoms with E-state index in [1.807, 2.05) is 18.2 Å². The number of nitrogens with zero attached hydrogens (tertiary/aromatic N) is 7. The van der Waals surface area contributed by atoms with Crippen LogP contribution in [0.2, 0.25) is 0 Å². The molecule has 0 spiro atoms. The molecular formula is C29H28FN7O4. The maximum Gasteiger partial charge on any atom is 0.354 e. The van der Waals surface area contributed by atoms with Gasteiger partial charge in [0.2, 0.25) is 5.88 Å². The molecule has 1 atom stereocenters. The Labute approximate surface area is 235 Å². The molecule has 2 fully saturated rings. The molecule has 12 heteroatoms. The molecule has 0 aliphatic carbocycles. The van der Waals surface area contributed by atoms with Crippen molar-refractivity contribution in [3.05, 3.63) is 82.7 Å². The number of aromatic nitrogens is 4. The van der Waals surface area contributed by atoms with Gasteiger partial charge in [-0.05, 0) is 30.7 Å². The second-order valence-electron chi connectivity index (χ2n) is 10.1. The van der Waals surface area contributed by atoms with Crippen LogP contribution in [0.5, 0.6) is 5.88 Å². The van der Waals surface area contributed by atoms with Crippen LogP contribution in [-0.4, -0.2) is 74.4 Å². The van der Waals surface area contributed by atoms with Crippen molar-refractivity contribution in [3.8, 4) is 11.9 Å². The van der Waals surface area contributed by atoms with Crippen LogP contribution in [0.25, 0.3) is 5.52 Å². The summed E-state index contributed by atoms with van der Waals surface area (Å²) in [4.78, 5) is 24.7. The normalized spacial score (nSPS) is 17.3. The van der Waals surface area contributed by atoms with Crippen LogP contribution < -0.4 is 9.64 Å². The molecule has 4 aromatic rings. The summed E-state index contributed by atoms with van der Waals surface area (Å²) in [5, 5.41) is 23.1. The van der Waals surface area contributed by atoms with Crippen molar-refractivity contribution >= 4 is 17.3 Å². The van der Waals surface area contributed by atoms with E-state index in [4.69, 9.17) is 19.8 Å². The number of nitriles is 1. The van der Waals surface area contributed by atoms with Gasteiger partial charge < -0.3 is 19.5 Å². The maximum absolute atomic E-state index is 14.2. The summed E-state index contributed by atoms with van der Waals surface area (Å²) in [7, 11) is 0. The molecule has 1 unspecified atom stereocenters. The minimum atomic E-state index is -1.07. The Hall–Kier alpha value is -4.60. The quantitative estimate of drug-likeness (QED) is 0.328. The summed E-state index contributed by atoms with van der Waals surface area (Å²) < 4.78 is 27.3. The van der Waals surface area contributed by atoms with Crippen molar-refractivity contribution in [1.29, 1.82) is 5.26 Å². The SMILES string of the molecule is N#Cc1ccc(COc2cccc(N3CCN(Cc4nn5cnc(C(=O)O)cc5c4CC4CCO4)CC3)n2)c(F)c1. The number of anilines is 1. The van der Waals surface area contributed by atoms with Gasteiger partial charge in [-0.1, -0.05) is 12.1 Å². The lowest BCUT2D eigenvalue weighted by atomic mass is 10.0. The van der Waals surface area contributed by atoms with Crippen molar-refractivity contribution in [2.45, 2.75) is 32.1 Å². The molecular weight excluding hydrogens is 529 g/mol. The third-order valence-corrected chi connectivity index (χ3v) is 7.49. The molecule has 11 nitrogen and oxygen atoms in total. The highest BCUT2D eigenvalue weighted by Gasteiger charge is 2.26. The van der Waals surface area contributed by atoms with Gasteiger partial charge in [0, 0.05) is 62.9 Å². The van der Waals surface area contributed by atoms with E-state index in [2.05, 4.69) is 19.8 Å². The van der Waals surface area contributed by atoms with E-state index in [1.165, 1.54) is 12.4 Å². The van der Waals surface area contributed by atoms with E-state index in [0.717, 1.165) is 61.8 Å². The van der Waals surface area contributed by atoms with Gasteiger partial charge in [-0.3, -0.25) is 4.90 Å². The molecule has 210 valence electrons. The monoisotopic (exact) mass is 557 g/mol. The standard InChI is InChI=1S/C29H28FN7O4/c30-23-12-19(15-31)4-5-20(23)17-41-28-3-1-2-27(33-28)36-9-7-35(8-10-36)16-25-22(13-21-6-11-40-21)26-14-24(29(38)39)32-18-37(26)34-25/h1-5,12,14,18,21H,6-11,13,16-17H2,(H,38,39). The number of carboxylic acid groups (broad SMARTS) is 1.